The zero-order valence-corrected chi connectivity index (χ0v) is 21.5. The maximum absolute atomic E-state index is 5.79. The quantitative estimate of drug-likeness (QED) is 0.165. The topological polar surface area (TPSA) is 86.2 Å². The van der Waals surface area contributed by atoms with Crippen molar-refractivity contribution in [3.63, 3.8) is 0 Å². The van der Waals surface area contributed by atoms with E-state index in [2.05, 4.69) is 27.5 Å². The fourth-order valence-corrected chi connectivity index (χ4v) is 3.10. The highest BCUT2D eigenvalue weighted by atomic mass is 127. The van der Waals surface area contributed by atoms with Crippen molar-refractivity contribution in [2.75, 3.05) is 46.1 Å². The third kappa shape index (κ3) is 11.0. The number of pyridine rings is 1. The summed E-state index contributed by atoms with van der Waals surface area (Å²) < 4.78 is 22.4. The average molecular weight is 570 g/mol. The van der Waals surface area contributed by atoms with E-state index in [-0.39, 0.29) is 30.1 Å². The SMILES string of the molecule is CCNC(=NCc1ccc(OCCOc2ccccc2)nc1)NCCCOC1CCOC1.I. The summed E-state index contributed by atoms with van der Waals surface area (Å²) in [7, 11) is 0. The lowest BCUT2D eigenvalue weighted by atomic mass is 10.3. The molecule has 2 N–H and O–H groups in total. The van der Waals surface area contributed by atoms with E-state index in [4.69, 9.17) is 18.9 Å². The molecule has 1 aliphatic rings. The molecule has 1 aliphatic heterocycles. The normalized spacial score (nSPS) is 15.5. The van der Waals surface area contributed by atoms with E-state index < -0.39 is 0 Å². The third-order valence-corrected chi connectivity index (χ3v) is 4.76. The van der Waals surface area contributed by atoms with Gasteiger partial charge >= 0.3 is 0 Å². The van der Waals surface area contributed by atoms with E-state index in [9.17, 15) is 0 Å². The first kappa shape index (κ1) is 27.1. The molecule has 0 aliphatic carbocycles. The minimum atomic E-state index is 0. The minimum Gasteiger partial charge on any atom is -0.490 e. The molecule has 33 heavy (non-hydrogen) atoms. The Morgan fingerprint density at radius 2 is 1.94 bits per heavy atom. The Balaban J connectivity index is 0.00000385. The fraction of sp³-hybridized carbons (Fsp3) is 0.500. The van der Waals surface area contributed by atoms with Crippen LogP contribution in [0.2, 0.25) is 0 Å². The molecule has 9 heteroatoms. The molecular formula is C24H35IN4O4. The summed E-state index contributed by atoms with van der Waals surface area (Å²) in [5.74, 6) is 2.19. The molecule has 182 valence electrons. The van der Waals surface area contributed by atoms with Gasteiger partial charge < -0.3 is 29.6 Å². The number of nitrogens with one attached hydrogen (secondary N) is 2. The van der Waals surface area contributed by atoms with E-state index in [0.717, 1.165) is 63.0 Å². The Morgan fingerprint density at radius 3 is 2.67 bits per heavy atom. The van der Waals surface area contributed by atoms with Crippen LogP contribution in [-0.2, 0) is 16.0 Å². The van der Waals surface area contributed by atoms with Gasteiger partial charge in [0.25, 0.3) is 0 Å². The molecule has 0 amide bonds. The van der Waals surface area contributed by atoms with Crippen LogP contribution in [0.15, 0.2) is 53.7 Å². The van der Waals surface area contributed by atoms with Crippen molar-refractivity contribution in [3.8, 4) is 11.6 Å². The van der Waals surface area contributed by atoms with Crippen molar-refractivity contribution in [1.29, 1.82) is 0 Å². The smallest absolute Gasteiger partial charge is 0.213 e. The first-order valence-corrected chi connectivity index (χ1v) is 11.3. The average Bonchev–Trinajstić information content (AvgIpc) is 3.35. The van der Waals surface area contributed by atoms with Crippen LogP contribution in [0.1, 0.15) is 25.3 Å². The highest BCUT2D eigenvalue weighted by Crippen LogP contribution is 2.11. The van der Waals surface area contributed by atoms with Gasteiger partial charge in [0.15, 0.2) is 5.96 Å². The lowest BCUT2D eigenvalue weighted by Gasteiger charge is -2.13. The van der Waals surface area contributed by atoms with Gasteiger partial charge in [-0.3, -0.25) is 0 Å². The lowest BCUT2D eigenvalue weighted by molar-refractivity contribution is 0.0420. The third-order valence-electron chi connectivity index (χ3n) is 4.76. The number of rotatable bonds is 13. The van der Waals surface area contributed by atoms with Crippen LogP contribution in [0.25, 0.3) is 0 Å². The molecule has 3 rings (SSSR count). The minimum absolute atomic E-state index is 0. The molecule has 2 aromatic rings. The van der Waals surface area contributed by atoms with Gasteiger partial charge in [-0.2, -0.15) is 0 Å². The predicted octanol–water partition coefficient (Wildman–Crippen LogP) is 3.41. The van der Waals surface area contributed by atoms with Crippen molar-refractivity contribution in [1.82, 2.24) is 15.6 Å². The molecular weight excluding hydrogens is 535 g/mol. The summed E-state index contributed by atoms with van der Waals surface area (Å²) in [6, 6.07) is 13.5. The van der Waals surface area contributed by atoms with Crippen molar-refractivity contribution in [2.24, 2.45) is 4.99 Å². The maximum Gasteiger partial charge on any atom is 0.213 e. The standard InChI is InChI=1S/C24H34N4O4.HI/c1-2-25-24(26-12-6-13-30-22-11-14-29-19-22)28-18-20-9-10-23(27-17-20)32-16-15-31-21-7-4-3-5-8-21;/h3-5,7-10,17,22H,2,6,11-16,18-19H2,1H3,(H2,25,26,28);1H. The molecule has 1 aromatic heterocycles. The number of hydrogen-bond donors (Lipinski definition) is 2. The van der Waals surface area contributed by atoms with Crippen LogP contribution >= 0.6 is 24.0 Å². The van der Waals surface area contributed by atoms with Crippen LogP contribution in [0.5, 0.6) is 11.6 Å². The van der Waals surface area contributed by atoms with E-state index in [1.165, 1.54) is 0 Å². The van der Waals surface area contributed by atoms with Crippen molar-refractivity contribution >= 4 is 29.9 Å². The Kier molecular flexibility index (Phi) is 13.6. The van der Waals surface area contributed by atoms with Crippen LogP contribution in [0.4, 0.5) is 0 Å². The van der Waals surface area contributed by atoms with Crippen LogP contribution in [-0.4, -0.2) is 63.2 Å². The summed E-state index contributed by atoms with van der Waals surface area (Å²) in [6.07, 6.45) is 3.96. The number of aliphatic imine (C=N–C) groups is 1. The second-order valence-corrected chi connectivity index (χ2v) is 7.35. The summed E-state index contributed by atoms with van der Waals surface area (Å²) in [5.41, 5.74) is 1.01. The summed E-state index contributed by atoms with van der Waals surface area (Å²) in [4.78, 5) is 8.99. The van der Waals surface area contributed by atoms with Gasteiger partial charge in [0.05, 0.1) is 19.3 Å². The van der Waals surface area contributed by atoms with Gasteiger partial charge in [-0.05, 0) is 37.5 Å². The zero-order valence-electron chi connectivity index (χ0n) is 19.2. The zero-order chi connectivity index (χ0) is 22.3. The Bertz CT molecular complexity index is 787. The number of hydrogen-bond acceptors (Lipinski definition) is 6. The van der Waals surface area contributed by atoms with E-state index in [1.54, 1.807) is 6.20 Å². The lowest BCUT2D eigenvalue weighted by Crippen LogP contribution is -2.38. The van der Waals surface area contributed by atoms with Gasteiger partial charge in [0, 0.05) is 38.6 Å². The second kappa shape index (κ2) is 16.5. The van der Waals surface area contributed by atoms with E-state index in [0.29, 0.717) is 25.6 Å². The number of ether oxygens (including phenoxy) is 4. The molecule has 0 bridgehead atoms. The molecule has 1 fully saturated rings. The van der Waals surface area contributed by atoms with Crippen LogP contribution in [0, 0.1) is 0 Å². The fourth-order valence-electron chi connectivity index (χ4n) is 3.10. The molecule has 8 nitrogen and oxygen atoms in total. The summed E-state index contributed by atoms with van der Waals surface area (Å²) >= 11 is 0. The molecule has 0 radical (unpaired) electrons. The molecule has 1 saturated heterocycles. The predicted molar refractivity (Wildman–Crippen MR) is 140 cm³/mol. The first-order chi connectivity index (χ1) is 15.8. The molecule has 0 spiro atoms. The monoisotopic (exact) mass is 570 g/mol. The molecule has 1 atom stereocenters. The van der Waals surface area contributed by atoms with Gasteiger partial charge in [-0.15, -0.1) is 24.0 Å². The number of guanidine groups is 1. The largest absolute Gasteiger partial charge is 0.490 e. The van der Waals surface area contributed by atoms with E-state index in [1.807, 2.05) is 42.5 Å². The number of benzene rings is 1. The summed E-state index contributed by atoms with van der Waals surface area (Å²) in [5, 5.41) is 6.61. The number of halogens is 1. The van der Waals surface area contributed by atoms with Gasteiger partial charge in [-0.25, -0.2) is 9.98 Å². The first-order valence-electron chi connectivity index (χ1n) is 11.3. The highest BCUT2D eigenvalue weighted by molar-refractivity contribution is 14.0. The number of para-hydroxylation sites is 1. The number of nitrogens with zero attached hydrogens (tertiary/aromatic N) is 2. The van der Waals surface area contributed by atoms with Gasteiger partial charge in [0.1, 0.15) is 19.0 Å². The Hall–Kier alpha value is -2.11. The second-order valence-electron chi connectivity index (χ2n) is 7.35. The van der Waals surface area contributed by atoms with Crippen LogP contribution in [0.3, 0.4) is 0 Å². The van der Waals surface area contributed by atoms with Gasteiger partial charge in [-0.1, -0.05) is 24.3 Å². The van der Waals surface area contributed by atoms with E-state index >= 15 is 0 Å². The van der Waals surface area contributed by atoms with Crippen LogP contribution < -0.4 is 20.1 Å². The maximum atomic E-state index is 5.79. The molecule has 2 heterocycles. The molecule has 0 saturated carbocycles. The number of aromatic nitrogens is 1. The van der Waals surface area contributed by atoms with Gasteiger partial charge in [0.2, 0.25) is 5.88 Å². The van der Waals surface area contributed by atoms with Crippen molar-refractivity contribution < 1.29 is 18.9 Å². The molecule has 1 unspecified atom stereocenters. The van der Waals surface area contributed by atoms with Crippen molar-refractivity contribution in [3.05, 3.63) is 54.2 Å². The molecule has 1 aromatic carbocycles. The highest BCUT2D eigenvalue weighted by Gasteiger charge is 2.15. The Morgan fingerprint density at radius 1 is 1.09 bits per heavy atom. The summed E-state index contributed by atoms with van der Waals surface area (Å²) in [6.45, 7) is 7.35. The van der Waals surface area contributed by atoms with Crippen molar-refractivity contribution in [2.45, 2.75) is 32.4 Å². The Labute approximate surface area is 213 Å².